The van der Waals surface area contributed by atoms with E-state index in [2.05, 4.69) is 5.10 Å². The number of hydrogen-bond donors (Lipinski definition) is 1. The Labute approximate surface area is 120 Å². The van der Waals surface area contributed by atoms with Crippen LogP contribution in [0.2, 0.25) is 0 Å². The topological polar surface area (TPSA) is 58.4 Å². The van der Waals surface area contributed by atoms with Crippen molar-refractivity contribution >= 4 is 5.91 Å². The van der Waals surface area contributed by atoms with Crippen molar-refractivity contribution in [1.82, 2.24) is 14.7 Å². The van der Waals surface area contributed by atoms with Gasteiger partial charge in [0, 0.05) is 24.5 Å². The monoisotopic (exact) mass is 295 g/mol. The van der Waals surface area contributed by atoms with Crippen molar-refractivity contribution in [2.24, 2.45) is 0 Å². The molecule has 0 atom stereocenters. The first kappa shape index (κ1) is 15.1. The molecular weight excluding hydrogens is 280 g/mol. The van der Waals surface area contributed by atoms with Crippen molar-refractivity contribution in [3.8, 4) is 5.69 Å². The molecule has 21 heavy (non-hydrogen) atoms. The van der Waals surface area contributed by atoms with Gasteiger partial charge < -0.3 is 10.0 Å². The van der Waals surface area contributed by atoms with E-state index >= 15 is 0 Å². The van der Waals surface area contributed by atoms with Crippen LogP contribution in [0.15, 0.2) is 42.7 Å². The van der Waals surface area contributed by atoms with Crippen molar-refractivity contribution in [3.05, 3.63) is 48.3 Å². The van der Waals surface area contributed by atoms with E-state index in [0.717, 1.165) is 10.6 Å². The molecule has 0 aliphatic rings. The average Bonchev–Trinajstić information content (AvgIpc) is 3.00. The first-order valence-corrected chi connectivity index (χ1v) is 6.40. The molecule has 112 valence electrons. The first-order chi connectivity index (χ1) is 10.1. The lowest BCUT2D eigenvalue weighted by molar-refractivity contribution is 0.0509. The van der Waals surface area contributed by atoms with Gasteiger partial charge in [0.05, 0.1) is 18.8 Å². The largest absolute Gasteiger partial charge is 0.395 e. The molecule has 5 nitrogen and oxygen atoms in total. The maximum Gasteiger partial charge on any atom is 0.255 e. The lowest BCUT2D eigenvalue weighted by Gasteiger charge is -2.21. The minimum Gasteiger partial charge on any atom is -0.395 e. The zero-order valence-corrected chi connectivity index (χ0v) is 11.2. The van der Waals surface area contributed by atoms with E-state index in [1.165, 1.54) is 0 Å². The Morgan fingerprint density at radius 2 is 2.05 bits per heavy atom. The van der Waals surface area contributed by atoms with Crippen molar-refractivity contribution in [3.63, 3.8) is 0 Å². The second kappa shape index (κ2) is 6.94. The van der Waals surface area contributed by atoms with Crippen molar-refractivity contribution < 1.29 is 18.7 Å². The van der Waals surface area contributed by atoms with Gasteiger partial charge in [-0.1, -0.05) is 0 Å². The van der Waals surface area contributed by atoms with Crippen LogP contribution in [-0.4, -0.2) is 51.8 Å². The van der Waals surface area contributed by atoms with Crippen molar-refractivity contribution in [2.45, 2.75) is 6.43 Å². The molecule has 0 aliphatic heterocycles. The number of alkyl halides is 2. The van der Waals surface area contributed by atoms with Gasteiger partial charge in [-0.25, -0.2) is 13.5 Å². The maximum atomic E-state index is 12.4. The zero-order chi connectivity index (χ0) is 15.2. The summed E-state index contributed by atoms with van der Waals surface area (Å²) in [5.74, 6) is -0.531. The third kappa shape index (κ3) is 3.85. The molecule has 0 saturated carbocycles. The number of aliphatic hydroxyl groups is 1. The SMILES string of the molecule is O=C(c1ccc(-n2cccn2)cc1)N(CCO)CC(F)F. The fourth-order valence-corrected chi connectivity index (χ4v) is 1.92. The van der Waals surface area contributed by atoms with Crippen LogP contribution < -0.4 is 0 Å². The van der Waals surface area contributed by atoms with Gasteiger partial charge in [-0.2, -0.15) is 5.10 Å². The molecule has 0 bridgehead atoms. The highest BCUT2D eigenvalue weighted by molar-refractivity contribution is 5.94. The first-order valence-electron chi connectivity index (χ1n) is 6.40. The highest BCUT2D eigenvalue weighted by Crippen LogP contribution is 2.12. The fourth-order valence-electron chi connectivity index (χ4n) is 1.92. The number of halogens is 2. The molecule has 2 aromatic rings. The van der Waals surface area contributed by atoms with E-state index in [0.29, 0.717) is 5.56 Å². The van der Waals surface area contributed by atoms with Gasteiger partial charge in [0.2, 0.25) is 0 Å². The van der Waals surface area contributed by atoms with Crippen LogP contribution >= 0.6 is 0 Å². The molecule has 0 radical (unpaired) electrons. The predicted octanol–water partition coefficient (Wildman–Crippen LogP) is 1.57. The lowest BCUT2D eigenvalue weighted by atomic mass is 10.2. The molecule has 0 saturated heterocycles. The Morgan fingerprint density at radius 1 is 1.33 bits per heavy atom. The van der Waals surface area contributed by atoms with Crippen LogP contribution in [0.4, 0.5) is 8.78 Å². The number of aliphatic hydroxyl groups excluding tert-OH is 1. The van der Waals surface area contributed by atoms with E-state index in [1.54, 1.807) is 47.4 Å². The molecular formula is C14H15F2N3O2. The summed E-state index contributed by atoms with van der Waals surface area (Å²) in [5, 5.41) is 12.9. The fraction of sp³-hybridized carbons (Fsp3) is 0.286. The van der Waals surface area contributed by atoms with Gasteiger partial charge >= 0.3 is 0 Å². The smallest absolute Gasteiger partial charge is 0.255 e. The third-order valence-corrected chi connectivity index (χ3v) is 2.90. The number of aromatic nitrogens is 2. The number of hydrogen-bond acceptors (Lipinski definition) is 3. The Hall–Kier alpha value is -2.28. The Morgan fingerprint density at radius 3 is 2.57 bits per heavy atom. The van der Waals surface area contributed by atoms with Gasteiger partial charge in [0.15, 0.2) is 0 Å². The highest BCUT2D eigenvalue weighted by atomic mass is 19.3. The molecule has 1 amide bonds. The van der Waals surface area contributed by atoms with E-state index in [1.807, 2.05) is 0 Å². The molecule has 2 rings (SSSR count). The van der Waals surface area contributed by atoms with Crippen LogP contribution in [0.5, 0.6) is 0 Å². The number of nitrogens with zero attached hydrogens (tertiary/aromatic N) is 3. The summed E-state index contributed by atoms with van der Waals surface area (Å²) >= 11 is 0. The number of carbonyl (C=O) groups is 1. The van der Waals surface area contributed by atoms with Crippen molar-refractivity contribution in [2.75, 3.05) is 19.7 Å². The number of rotatable bonds is 6. The Balaban J connectivity index is 2.14. The molecule has 1 N–H and O–H groups in total. The molecule has 1 aromatic carbocycles. The minimum absolute atomic E-state index is 0.121. The van der Waals surface area contributed by atoms with E-state index in [-0.39, 0.29) is 13.2 Å². The summed E-state index contributed by atoms with van der Waals surface area (Å²) in [7, 11) is 0. The normalized spacial score (nSPS) is 10.9. The van der Waals surface area contributed by atoms with Crippen LogP contribution in [-0.2, 0) is 0 Å². The summed E-state index contributed by atoms with van der Waals surface area (Å²) in [6, 6.07) is 8.23. The van der Waals surface area contributed by atoms with Gasteiger partial charge in [-0.3, -0.25) is 4.79 Å². The minimum atomic E-state index is -2.64. The van der Waals surface area contributed by atoms with E-state index < -0.39 is 18.9 Å². The lowest BCUT2D eigenvalue weighted by Crippen LogP contribution is -2.37. The molecule has 0 fully saturated rings. The summed E-state index contributed by atoms with van der Waals surface area (Å²) < 4.78 is 26.5. The predicted molar refractivity (Wildman–Crippen MR) is 72.6 cm³/mol. The Bertz CT molecular complexity index is 570. The summed E-state index contributed by atoms with van der Waals surface area (Å²) in [6.07, 6.45) is 0.750. The second-order valence-electron chi connectivity index (χ2n) is 4.36. The standard InChI is InChI=1S/C14H15F2N3O2/c15-13(16)10-18(8-9-20)14(21)11-2-4-12(5-3-11)19-7-1-6-17-19/h1-7,13,20H,8-10H2. The van der Waals surface area contributed by atoms with Gasteiger partial charge in [0.1, 0.15) is 0 Å². The second-order valence-corrected chi connectivity index (χ2v) is 4.36. The number of carbonyl (C=O) groups excluding carboxylic acids is 1. The van der Waals surface area contributed by atoms with Gasteiger partial charge in [-0.15, -0.1) is 0 Å². The average molecular weight is 295 g/mol. The molecule has 7 heteroatoms. The summed E-state index contributed by atoms with van der Waals surface area (Å²) in [6.45, 7) is -1.17. The van der Waals surface area contributed by atoms with Crippen LogP contribution in [0, 0.1) is 0 Å². The van der Waals surface area contributed by atoms with Gasteiger partial charge in [0.25, 0.3) is 12.3 Å². The molecule has 0 aliphatic carbocycles. The third-order valence-electron chi connectivity index (χ3n) is 2.90. The summed E-state index contributed by atoms with van der Waals surface area (Å²) in [5.41, 5.74) is 1.05. The van der Waals surface area contributed by atoms with Crippen molar-refractivity contribution in [1.29, 1.82) is 0 Å². The highest BCUT2D eigenvalue weighted by Gasteiger charge is 2.19. The molecule has 0 unspecified atom stereocenters. The molecule has 0 spiro atoms. The van der Waals surface area contributed by atoms with E-state index in [9.17, 15) is 13.6 Å². The van der Waals surface area contributed by atoms with Crippen LogP contribution in [0.1, 0.15) is 10.4 Å². The summed E-state index contributed by atoms with van der Waals surface area (Å²) in [4.78, 5) is 13.1. The number of benzene rings is 1. The molecule has 1 heterocycles. The van der Waals surface area contributed by atoms with Crippen LogP contribution in [0.3, 0.4) is 0 Å². The van der Waals surface area contributed by atoms with Crippen LogP contribution in [0.25, 0.3) is 5.69 Å². The molecule has 1 aromatic heterocycles. The maximum absolute atomic E-state index is 12.4. The zero-order valence-electron chi connectivity index (χ0n) is 11.2. The number of amides is 1. The quantitative estimate of drug-likeness (QED) is 0.880. The van der Waals surface area contributed by atoms with E-state index in [4.69, 9.17) is 5.11 Å². The van der Waals surface area contributed by atoms with Gasteiger partial charge in [-0.05, 0) is 30.3 Å². The Kier molecular flexibility index (Phi) is 4.99.